The summed E-state index contributed by atoms with van der Waals surface area (Å²) in [5, 5.41) is 12.3. The Balaban J connectivity index is 1.99. The van der Waals surface area contributed by atoms with E-state index in [4.69, 9.17) is 20.9 Å². The van der Waals surface area contributed by atoms with Crippen LogP contribution in [-0.2, 0) is 13.0 Å². The summed E-state index contributed by atoms with van der Waals surface area (Å²) < 4.78 is 20.0. The number of hydrogen-bond acceptors (Lipinski definition) is 7. The van der Waals surface area contributed by atoms with E-state index >= 15 is 0 Å². The van der Waals surface area contributed by atoms with Gasteiger partial charge in [-0.3, -0.25) is 0 Å². The van der Waals surface area contributed by atoms with Crippen molar-refractivity contribution >= 4 is 29.1 Å². The number of halogens is 1. The van der Waals surface area contributed by atoms with Gasteiger partial charge in [-0.05, 0) is 43.7 Å². The van der Waals surface area contributed by atoms with Crippen LogP contribution in [0.15, 0.2) is 36.0 Å². The Morgan fingerprint density at radius 1 is 1.37 bits per heavy atom. The third-order valence-corrected chi connectivity index (χ3v) is 5.85. The minimum atomic E-state index is -0.340. The van der Waals surface area contributed by atoms with Crippen LogP contribution < -0.4 is 15.8 Å². The van der Waals surface area contributed by atoms with E-state index in [2.05, 4.69) is 10.3 Å². The fourth-order valence-electron chi connectivity index (χ4n) is 3.54. The molecule has 1 aliphatic heterocycles. The van der Waals surface area contributed by atoms with Gasteiger partial charge in [-0.1, -0.05) is 0 Å². The molecule has 0 saturated heterocycles. The third-order valence-electron chi connectivity index (χ3n) is 4.88. The van der Waals surface area contributed by atoms with Crippen molar-refractivity contribution in [3.63, 3.8) is 0 Å². The summed E-state index contributed by atoms with van der Waals surface area (Å²) in [6.07, 6.45) is 3.54. The fourth-order valence-corrected chi connectivity index (χ4v) is 4.51. The molecule has 4 N–H and O–H groups in total. The van der Waals surface area contributed by atoms with Crippen molar-refractivity contribution in [3.8, 4) is 17.0 Å². The number of nitrogens with one attached hydrogen (secondary N) is 2. The zero-order valence-corrected chi connectivity index (χ0v) is 17.6. The lowest BCUT2D eigenvalue weighted by Gasteiger charge is -2.18. The average molecular weight is 424 g/mol. The van der Waals surface area contributed by atoms with Gasteiger partial charge in [-0.15, -0.1) is 11.3 Å². The Labute approximate surface area is 178 Å². The van der Waals surface area contributed by atoms with E-state index < -0.39 is 0 Å². The maximum atomic E-state index is 14.0. The van der Waals surface area contributed by atoms with E-state index in [1.54, 1.807) is 23.6 Å². The van der Waals surface area contributed by atoms with Crippen LogP contribution in [-0.4, -0.2) is 22.7 Å². The minimum Gasteiger partial charge on any atom is -0.485 e. The van der Waals surface area contributed by atoms with Crippen LogP contribution >= 0.6 is 11.3 Å². The number of thiazole rings is 1. The van der Waals surface area contributed by atoms with Crippen molar-refractivity contribution in [3.05, 3.63) is 62.9 Å². The molecule has 1 aliphatic rings. The summed E-state index contributed by atoms with van der Waals surface area (Å²) >= 11 is 1.58. The van der Waals surface area contributed by atoms with Crippen molar-refractivity contribution in [1.29, 1.82) is 5.41 Å². The second kappa shape index (κ2) is 8.23. The van der Waals surface area contributed by atoms with E-state index in [0.29, 0.717) is 24.3 Å². The van der Waals surface area contributed by atoms with Crippen LogP contribution in [0, 0.1) is 18.2 Å². The van der Waals surface area contributed by atoms with Gasteiger partial charge in [0.05, 0.1) is 10.7 Å². The van der Waals surface area contributed by atoms with Crippen molar-refractivity contribution in [1.82, 2.24) is 15.3 Å². The van der Waals surface area contributed by atoms with Gasteiger partial charge in [0.15, 0.2) is 11.6 Å². The number of pyridine rings is 1. The maximum Gasteiger partial charge on any atom is 0.166 e. The molecule has 3 heterocycles. The summed E-state index contributed by atoms with van der Waals surface area (Å²) in [4.78, 5) is 10.0. The van der Waals surface area contributed by atoms with Gasteiger partial charge in [0.25, 0.3) is 0 Å². The molecular weight excluding hydrogens is 401 g/mol. The SMILES string of the molecule is CCN/C1=C(\C=N)Cc2sc(C)nc2-c2ccc(F)cc2COc2cc1cnc2N. The number of aryl methyl sites for hydroxylation is 1. The summed E-state index contributed by atoms with van der Waals surface area (Å²) in [5.74, 6) is 0.330. The van der Waals surface area contributed by atoms with Gasteiger partial charge in [0, 0.05) is 52.6 Å². The van der Waals surface area contributed by atoms with Gasteiger partial charge in [-0.25, -0.2) is 14.4 Å². The summed E-state index contributed by atoms with van der Waals surface area (Å²) in [5.41, 5.74) is 10.7. The Bertz CT molecular complexity index is 1150. The average Bonchev–Trinajstić information content (AvgIpc) is 3.09. The van der Waals surface area contributed by atoms with Crippen LogP contribution in [0.5, 0.6) is 5.75 Å². The first-order chi connectivity index (χ1) is 14.5. The molecule has 0 spiro atoms. The number of allylic oxidation sites excluding steroid dienone is 1. The highest BCUT2D eigenvalue weighted by Crippen LogP contribution is 2.35. The Morgan fingerprint density at radius 3 is 2.97 bits per heavy atom. The van der Waals surface area contributed by atoms with Gasteiger partial charge >= 0.3 is 0 Å². The predicted octanol–water partition coefficient (Wildman–Crippen LogP) is 4.34. The first kappa shape index (κ1) is 20.0. The highest BCUT2D eigenvalue weighted by Gasteiger charge is 2.20. The topological polar surface area (TPSA) is 96.9 Å². The highest BCUT2D eigenvalue weighted by molar-refractivity contribution is 7.12. The number of rotatable bonds is 3. The van der Waals surface area contributed by atoms with Crippen LogP contribution in [0.1, 0.15) is 27.9 Å². The molecule has 0 fully saturated rings. The number of anilines is 1. The molecule has 8 heteroatoms. The molecule has 3 aromatic rings. The molecular formula is C22H22FN5OS. The number of aromatic nitrogens is 2. The molecule has 4 rings (SSSR count). The van der Waals surface area contributed by atoms with Gasteiger partial charge in [0.1, 0.15) is 12.4 Å². The molecule has 0 atom stereocenters. The second-order valence-corrected chi connectivity index (χ2v) is 8.24. The first-order valence-electron chi connectivity index (χ1n) is 9.61. The molecule has 6 nitrogen and oxygen atoms in total. The van der Waals surface area contributed by atoms with Crippen LogP contribution in [0.25, 0.3) is 17.0 Å². The molecule has 2 bridgehead atoms. The normalized spacial score (nSPS) is 15.8. The number of hydrogen-bond donors (Lipinski definition) is 3. The number of nitrogens with zero attached hydrogens (tertiary/aromatic N) is 2. The van der Waals surface area contributed by atoms with Crippen LogP contribution in [0.4, 0.5) is 10.2 Å². The lowest BCUT2D eigenvalue weighted by Crippen LogP contribution is -2.16. The van der Waals surface area contributed by atoms with E-state index in [-0.39, 0.29) is 18.2 Å². The molecule has 1 aromatic carbocycles. The zero-order valence-electron chi connectivity index (χ0n) is 16.8. The highest BCUT2D eigenvalue weighted by atomic mass is 32.1. The lowest BCUT2D eigenvalue weighted by molar-refractivity contribution is 0.306. The van der Waals surface area contributed by atoms with Crippen LogP contribution in [0.2, 0.25) is 0 Å². The Hall–Kier alpha value is -3.26. The Kier molecular flexibility index (Phi) is 5.50. The molecule has 0 saturated carbocycles. The van der Waals surface area contributed by atoms with E-state index in [9.17, 15) is 4.39 Å². The summed E-state index contributed by atoms with van der Waals surface area (Å²) in [7, 11) is 0. The molecule has 154 valence electrons. The third kappa shape index (κ3) is 3.78. The maximum absolute atomic E-state index is 14.0. The molecule has 30 heavy (non-hydrogen) atoms. The molecule has 2 aromatic heterocycles. The monoisotopic (exact) mass is 423 g/mol. The largest absolute Gasteiger partial charge is 0.485 e. The van der Waals surface area contributed by atoms with Gasteiger partial charge in [-0.2, -0.15) is 0 Å². The van der Waals surface area contributed by atoms with Crippen molar-refractivity contribution < 1.29 is 9.13 Å². The molecule has 0 amide bonds. The van der Waals surface area contributed by atoms with Gasteiger partial charge in [0.2, 0.25) is 0 Å². The Morgan fingerprint density at radius 2 is 2.20 bits per heavy atom. The fraction of sp³-hybridized carbons (Fsp3) is 0.227. The minimum absolute atomic E-state index is 0.135. The van der Waals surface area contributed by atoms with Crippen LogP contribution in [0.3, 0.4) is 0 Å². The smallest absolute Gasteiger partial charge is 0.166 e. The first-order valence-corrected chi connectivity index (χ1v) is 10.4. The number of nitrogen functional groups attached to an aromatic ring is 1. The van der Waals surface area contributed by atoms with Crippen molar-refractivity contribution in [2.75, 3.05) is 12.3 Å². The van der Waals surface area contributed by atoms with Gasteiger partial charge < -0.3 is 21.2 Å². The predicted molar refractivity (Wildman–Crippen MR) is 118 cm³/mol. The molecule has 0 aliphatic carbocycles. The lowest BCUT2D eigenvalue weighted by atomic mass is 9.99. The summed E-state index contributed by atoms with van der Waals surface area (Å²) in [6, 6.07) is 6.43. The molecule has 0 radical (unpaired) electrons. The van der Waals surface area contributed by atoms with E-state index in [0.717, 1.165) is 38.0 Å². The number of ether oxygens (including phenoxy) is 1. The van der Waals surface area contributed by atoms with Crippen molar-refractivity contribution in [2.24, 2.45) is 0 Å². The number of fused-ring (bicyclic) bond motifs is 5. The van der Waals surface area contributed by atoms with E-state index in [1.165, 1.54) is 18.3 Å². The quantitative estimate of drug-likeness (QED) is 0.545. The second-order valence-electron chi connectivity index (χ2n) is 6.95. The summed E-state index contributed by atoms with van der Waals surface area (Å²) in [6.45, 7) is 4.77. The molecule has 0 unspecified atom stereocenters. The zero-order chi connectivity index (χ0) is 21.3. The number of benzene rings is 1. The standard InChI is InChI=1S/C22H22FN5OS/c1-3-26-20-13(9-24)8-19-21(28-12(2)30-19)17-5-4-16(23)6-15(17)11-29-18-7-14(20)10-27-22(18)25/h4-7,9-10,24,26H,3,8,11H2,1-2H3,(H2,25,27)/b20-13-,24-9?. The van der Waals surface area contributed by atoms with E-state index in [1.807, 2.05) is 19.9 Å². The number of nitrogens with two attached hydrogens (primary N) is 1. The van der Waals surface area contributed by atoms with Crippen molar-refractivity contribution in [2.45, 2.75) is 26.9 Å².